The van der Waals surface area contributed by atoms with Crippen LogP contribution in [-0.4, -0.2) is 33.2 Å². The molecule has 0 aliphatic heterocycles. The Balaban J connectivity index is 2.55. The molecule has 0 unspecified atom stereocenters. The van der Waals surface area contributed by atoms with Crippen molar-refractivity contribution in [2.75, 3.05) is 0 Å². The molecule has 0 aromatic heterocycles. The third-order valence-electron chi connectivity index (χ3n) is 5.42. The zero-order valence-electron chi connectivity index (χ0n) is 16.8. The van der Waals surface area contributed by atoms with E-state index in [1.165, 1.54) is 0 Å². The number of carbonyl (C=O) groups is 3. The van der Waals surface area contributed by atoms with Crippen LogP contribution in [0.4, 0.5) is 0 Å². The second-order valence-corrected chi connectivity index (χ2v) is 7.62. The van der Waals surface area contributed by atoms with E-state index < -0.39 is 35.7 Å². The number of aliphatic carboxylic acids is 3. The average Bonchev–Trinajstić information content (AvgIpc) is 2.64. The number of allylic oxidation sites excluding steroid dienone is 4. The van der Waals surface area contributed by atoms with Gasteiger partial charge in [-0.25, -0.2) is 0 Å². The fourth-order valence-corrected chi connectivity index (χ4v) is 3.89. The topological polar surface area (TPSA) is 112 Å². The van der Waals surface area contributed by atoms with Crippen LogP contribution in [0.1, 0.15) is 71.1 Å². The first kappa shape index (κ1) is 23.9. The monoisotopic (exact) mass is 394 g/mol. The Morgan fingerprint density at radius 2 is 1.50 bits per heavy atom. The molecule has 0 bridgehead atoms. The van der Waals surface area contributed by atoms with E-state index in [-0.39, 0.29) is 12.3 Å². The average molecular weight is 395 g/mol. The molecule has 28 heavy (non-hydrogen) atoms. The Labute approximate surface area is 167 Å². The van der Waals surface area contributed by atoms with Gasteiger partial charge in [-0.1, -0.05) is 63.3 Å². The molecular weight excluding hydrogens is 360 g/mol. The normalized spacial score (nSPS) is 24.5. The molecular formula is C22H34O6. The largest absolute Gasteiger partial charge is 0.481 e. The smallest absolute Gasteiger partial charge is 0.308 e. The minimum Gasteiger partial charge on any atom is -0.481 e. The predicted molar refractivity (Wildman–Crippen MR) is 107 cm³/mol. The summed E-state index contributed by atoms with van der Waals surface area (Å²) in [5.41, 5.74) is 0. The summed E-state index contributed by atoms with van der Waals surface area (Å²) in [5.74, 6) is -5.28. The second kappa shape index (κ2) is 13.1. The van der Waals surface area contributed by atoms with Gasteiger partial charge < -0.3 is 15.3 Å². The Kier molecular flexibility index (Phi) is 11.2. The van der Waals surface area contributed by atoms with Crippen molar-refractivity contribution < 1.29 is 29.7 Å². The van der Waals surface area contributed by atoms with Crippen LogP contribution in [0.25, 0.3) is 0 Å². The van der Waals surface area contributed by atoms with Crippen LogP contribution in [0.15, 0.2) is 24.3 Å². The highest BCUT2D eigenvalue weighted by molar-refractivity contribution is 5.81. The van der Waals surface area contributed by atoms with Crippen LogP contribution in [0, 0.1) is 23.7 Å². The summed E-state index contributed by atoms with van der Waals surface area (Å²) in [7, 11) is 0. The van der Waals surface area contributed by atoms with Crippen molar-refractivity contribution in [2.24, 2.45) is 23.7 Å². The van der Waals surface area contributed by atoms with Gasteiger partial charge >= 0.3 is 17.9 Å². The molecule has 158 valence electrons. The minimum absolute atomic E-state index is 0.217. The third kappa shape index (κ3) is 8.28. The lowest BCUT2D eigenvalue weighted by Gasteiger charge is -2.33. The number of hydrogen-bond donors (Lipinski definition) is 3. The first-order valence-corrected chi connectivity index (χ1v) is 10.4. The van der Waals surface area contributed by atoms with Crippen molar-refractivity contribution >= 4 is 17.9 Å². The molecule has 0 fully saturated rings. The fourth-order valence-electron chi connectivity index (χ4n) is 3.89. The molecule has 3 N–H and O–H groups in total. The predicted octanol–water partition coefficient (Wildman–Crippen LogP) is 4.75. The van der Waals surface area contributed by atoms with Crippen molar-refractivity contribution in [2.45, 2.75) is 71.1 Å². The van der Waals surface area contributed by atoms with E-state index in [9.17, 15) is 24.6 Å². The van der Waals surface area contributed by atoms with E-state index >= 15 is 0 Å². The molecule has 0 aromatic carbocycles. The number of unbranched alkanes of at least 4 members (excludes halogenated alkanes) is 6. The molecule has 6 nitrogen and oxygen atoms in total. The van der Waals surface area contributed by atoms with E-state index in [0.717, 1.165) is 44.9 Å². The van der Waals surface area contributed by atoms with Crippen LogP contribution >= 0.6 is 0 Å². The Hall–Kier alpha value is -2.11. The van der Waals surface area contributed by atoms with Gasteiger partial charge in [-0.3, -0.25) is 14.4 Å². The summed E-state index contributed by atoms with van der Waals surface area (Å²) in [6.45, 7) is 2.04. The van der Waals surface area contributed by atoms with Crippen molar-refractivity contribution in [3.8, 4) is 0 Å². The quantitative estimate of drug-likeness (QED) is 0.289. The zero-order chi connectivity index (χ0) is 20.9. The van der Waals surface area contributed by atoms with Gasteiger partial charge in [0.25, 0.3) is 0 Å². The molecule has 0 spiro atoms. The summed E-state index contributed by atoms with van der Waals surface area (Å²) in [6, 6.07) is 0. The van der Waals surface area contributed by atoms with Crippen molar-refractivity contribution in [3.05, 3.63) is 24.3 Å². The highest BCUT2D eigenvalue weighted by Gasteiger charge is 2.43. The zero-order valence-corrected chi connectivity index (χ0v) is 16.8. The first-order chi connectivity index (χ1) is 13.4. The third-order valence-corrected chi connectivity index (χ3v) is 5.42. The maximum Gasteiger partial charge on any atom is 0.308 e. The first-order valence-electron chi connectivity index (χ1n) is 10.4. The number of hydrogen-bond acceptors (Lipinski definition) is 3. The van der Waals surface area contributed by atoms with Crippen molar-refractivity contribution in [1.29, 1.82) is 0 Å². The van der Waals surface area contributed by atoms with Crippen LogP contribution < -0.4 is 0 Å². The van der Waals surface area contributed by atoms with E-state index in [1.54, 1.807) is 0 Å². The molecule has 6 heteroatoms. The van der Waals surface area contributed by atoms with Crippen molar-refractivity contribution in [3.63, 3.8) is 0 Å². The van der Waals surface area contributed by atoms with Crippen LogP contribution in [0.5, 0.6) is 0 Å². The Bertz CT molecular complexity index is 565. The molecule has 0 amide bonds. The van der Waals surface area contributed by atoms with Crippen LogP contribution in [0.3, 0.4) is 0 Å². The second-order valence-electron chi connectivity index (χ2n) is 7.62. The lowest BCUT2D eigenvalue weighted by molar-refractivity contribution is -0.157. The maximum atomic E-state index is 11.8. The van der Waals surface area contributed by atoms with Gasteiger partial charge in [0.15, 0.2) is 0 Å². The van der Waals surface area contributed by atoms with Crippen molar-refractivity contribution in [1.82, 2.24) is 0 Å². The summed E-state index contributed by atoms with van der Waals surface area (Å²) in [5, 5.41) is 27.9. The fraction of sp³-hybridized carbons (Fsp3) is 0.682. The standard InChI is InChI=1S/C22H34O6/c1-2-3-11-16-14-15-17(20(22(27)28)19(16)21(25)26)12-9-7-5-4-6-8-10-13-18(23)24/h9,12,14-17,19-20H,2-8,10-11,13H2,1H3,(H,23,24)(H,25,26)(H,27,28)/b12-9-/t16-,17+,19-,20+/m0/s1. The van der Waals surface area contributed by atoms with E-state index in [2.05, 4.69) is 0 Å². The Morgan fingerprint density at radius 3 is 2.11 bits per heavy atom. The van der Waals surface area contributed by atoms with Gasteiger partial charge in [-0.05, 0) is 31.6 Å². The Morgan fingerprint density at radius 1 is 0.857 bits per heavy atom. The summed E-state index contributed by atoms with van der Waals surface area (Å²) >= 11 is 0. The number of carboxylic acid groups (broad SMARTS) is 3. The highest BCUT2D eigenvalue weighted by Crippen LogP contribution is 2.38. The minimum atomic E-state index is -1.05. The van der Waals surface area contributed by atoms with E-state index in [0.29, 0.717) is 12.8 Å². The van der Waals surface area contributed by atoms with Gasteiger partial charge in [0, 0.05) is 12.3 Å². The van der Waals surface area contributed by atoms with Gasteiger partial charge in [0.2, 0.25) is 0 Å². The number of rotatable bonds is 14. The maximum absolute atomic E-state index is 11.8. The summed E-state index contributed by atoms with van der Waals surface area (Å²) in [4.78, 5) is 34.0. The lowest BCUT2D eigenvalue weighted by Crippen LogP contribution is -2.41. The molecule has 1 rings (SSSR count). The molecule has 0 saturated heterocycles. The van der Waals surface area contributed by atoms with Crippen LogP contribution in [-0.2, 0) is 14.4 Å². The summed E-state index contributed by atoms with van der Waals surface area (Å²) in [6.07, 6.45) is 15.7. The molecule has 4 atom stereocenters. The van der Waals surface area contributed by atoms with Gasteiger partial charge in [-0.2, -0.15) is 0 Å². The molecule has 0 radical (unpaired) electrons. The SMILES string of the molecule is CCCC[C@H]1C=C[C@@H](/C=C\CCCCCCCC(=O)O)[C@@H](C(=O)O)[C@H]1C(=O)O. The van der Waals surface area contributed by atoms with Gasteiger partial charge in [0.1, 0.15) is 0 Å². The molecule has 1 aliphatic rings. The van der Waals surface area contributed by atoms with Crippen LogP contribution in [0.2, 0.25) is 0 Å². The molecule has 0 aromatic rings. The lowest BCUT2D eigenvalue weighted by atomic mass is 9.69. The highest BCUT2D eigenvalue weighted by atomic mass is 16.4. The van der Waals surface area contributed by atoms with Gasteiger partial charge in [0.05, 0.1) is 11.8 Å². The van der Waals surface area contributed by atoms with E-state index in [1.807, 2.05) is 31.2 Å². The molecule has 1 aliphatic carbocycles. The summed E-state index contributed by atoms with van der Waals surface area (Å²) < 4.78 is 0. The number of carboxylic acids is 3. The van der Waals surface area contributed by atoms with E-state index in [4.69, 9.17) is 5.11 Å². The molecule has 0 saturated carbocycles. The molecule has 0 heterocycles. The van der Waals surface area contributed by atoms with Gasteiger partial charge in [-0.15, -0.1) is 0 Å².